The maximum Gasteiger partial charge on any atom is 0.272 e. The van der Waals surface area contributed by atoms with Crippen molar-refractivity contribution < 1.29 is 14.8 Å². The number of carbonyl (C=O) groups excluding carboxylic acids is 2. The quantitative estimate of drug-likeness (QED) is 0.290. The first kappa shape index (κ1) is 16.4. The van der Waals surface area contributed by atoms with Gasteiger partial charge in [0.05, 0.1) is 6.54 Å². The molecule has 0 aliphatic heterocycles. The van der Waals surface area contributed by atoms with Crippen LogP contribution in [0, 0.1) is 0 Å². The monoisotopic (exact) mass is 293 g/mol. The van der Waals surface area contributed by atoms with Crippen LogP contribution in [0.25, 0.3) is 0 Å². The minimum absolute atomic E-state index is 0.0210. The van der Waals surface area contributed by atoms with E-state index in [4.69, 9.17) is 10.9 Å². The molecule has 2 amide bonds. The van der Waals surface area contributed by atoms with Gasteiger partial charge in [0.2, 0.25) is 5.91 Å². The summed E-state index contributed by atoms with van der Waals surface area (Å²) < 4.78 is 0. The highest BCUT2D eigenvalue weighted by Crippen LogP contribution is 2.05. The van der Waals surface area contributed by atoms with E-state index < -0.39 is 0 Å². The lowest BCUT2D eigenvalue weighted by Crippen LogP contribution is -2.40. The minimum Gasteiger partial charge on any atom is -0.409 e. The number of nitrogens with one attached hydrogen (secondary N) is 1. The van der Waals surface area contributed by atoms with E-state index in [1.54, 1.807) is 0 Å². The van der Waals surface area contributed by atoms with Gasteiger partial charge in [-0.1, -0.05) is 12.1 Å². The third-order valence-corrected chi connectivity index (χ3v) is 2.78. The van der Waals surface area contributed by atoms with Crippen molar-refractivity contribution in [3.8, 4) is 0 Å². The number of carbonyl (C=O) groups is 2. The molecule has 0 saturated heterocycles. The molecular formula is C13H19N5O3. The van der Waals surface area contributed by atoms with Gasteiger partial charge < -0.3 is 21.2 Å². The Labute approximate surface area is 122 Å². The number of hydrogen-bond acceptors (Lipinski definition) is 5. The van der Waals surface area contributed by atoms with Crippen molar-refractivity contribution in [2.75, 3.05) is 20.1 Å². The number of pyridine rings is 1. The fourth-order valence-electron chi connectivity index (χ4n) is 1.67. The number of nitrogens with two attached hydrogens (primary N) is 1. The zero-order chi connectivity index (χ0) is 15.8. The van der Waals surface area contributed by atoms with E-state index in [9.17, 15) is 9.59 Å². The summed E-state index contributed by atoms with van der Waals surface area (Å²) in [5.41, 5.74) is 6.02. The van der Waals surface area contributed by atoms with Crippen LogP contribution in [0.2, 0.25) is 0 Å². The first-order chi connectivity index (χ1) is 10.0. The van der Waals surface area contributed by atoms with Gasteiger partial charge in [-0.05, 0) is 18.6 Å². The van der Waals surface area contributed by atoms with Crippen LogP contribution >= 0.6 is 0 Å². The molecule has 0 bridgehead atoms. The van der Waals surface area contributed by atoms with Crippen molar-refractivity contribution in [1.29, 1.82) is 0 Å². The summed E-state index contributed by atoms with van der Waals surface area (Å²) in [5.74, 6) is -0.672. The summed E-state index contributed by atoms with van der Waals surface area (Å²) in [6, 6.07) is 3.00. The van der Waals surface area contributed by atoms with Gasteiger partial charge in [-0.25, -0.2) is 0 Å². The molecule has 1 rings (SSSR count). The normalized spacial score (nSPS) is 11.0. The van der Waals surface area contributed by atoms with Gasteiger partial charge in [0.1, 0.15) is 5.69 Å². The molecule has 8 heteroatoms. The summed E-state index contributed by atoms with van der Waals surface area (Å²) in [6.07, 6.45) is 2.07. The van der Waals surface area contributed by atoms with E-state index in [-0.39, 0.29) is 29.9 Å². The molecule has 0 saturated carbocycles. The molecule has 1 aromatic rings. The van der Waals surface area contributed by atoms with Gasteiger partial charge in [0, 0.05) is 25.4 Å². The molecule has 8 nitrogen and oxygen atoms in total. The van der Waals surface area contributed by atoms with E-state index >= 15 is 0 Å². The lowest BCUT2D eigenvalue weighted by molar-refractivity contribution is -0.121. The molecule has 0 aromatic carbocycles. The number of nitrogens with zero attached hydrogens (tertiary/aromatic N) is 3. The van der Waals surface area contributed by atoms with Gasteiger partial charge in [-0.2, -0.15) is 0 Å². The Hall–Kier alpha value is -2.64. The second-order valence-corrected chi connectivity index (χ2v) is 4.32. The Balaban J connectivity index is 2.90. The first-order valence-corrected chi connectivity index (χ1v) is 6.47. The number of oxime groups is 1. The highest BCUT2D eigenvalue weighted by molar-refractivity contribution is 5.98. The molecule has 0 spiro atoms. The van der Waals surface area contributed by atoms with E-state index in [2.05, 4.69) is 15.5 Å². The second-order valence-electron chi connectivity index (χ2n) is 4.32. The Kier molecular flexibility index (Phi) is 6.12. The largest absolute Gasteiger partial charge is 0.409 e. The van der Waals surface area contributed by atoms with Crippen LogP contribution in [0.15, 0.2) is 23.5 Å². The Bertz CT molecular complexity index is 527. The third-order valence-electron chi connectivity index (χ3n) is 2.78. The maximum absolute atomic E-state index is 12.3. The standard InChI is InChI=1S/C13H19N5O3/c1-3-6-18(8-11(19)15-2)13(20)10-5-4-9(7-16-10)12(14)17-21/h4-5,7,21H,3,6,8H2,1-2H3,(H2,14,17)(H,15,19). The molecule has 0 atom stereocenters. The van der Waals surface area contributed by atoms with Crippen LogP contribution < -0.4 is 11.1 Å². The van der Waals surface area contributed by atoms with Crippen LogP contribution in [-0.2, 0) is 4.79 Å². The maximum atomic E-state index is 12.3. The van der Waals surface area contributed by atoms with E-state index in [1.165, 1.54) is 30.3 Å². The molecular weight excluding hydrogens is 274 g/mol. The zero-order valence-electron chi connectivity index (χ0n) is 12.0. The third kappa shape index (κ3) is 4.44. The van der Waals surface area contributed by atoms with Crippen LogP contribution in [-0.4, -0.2) is 52.9 Å². The zero-order valence-corrected chi connectivity index (χ0v) is 12.0. The lowest BCUT2D eigenvalue weighted by atomic mass is 10.2. The average Bonchev–Trinajstić information content (AvgIpc) is 2.52. The molecule has 1 aromatic heterocycles. The highest BCUT2D eigenvalue weighted by Gasteiger charge is 2.18. The molecule has 1 heterocycles. The van der Waals surface area contributed by atoms with Crippen molar-refractivity contribution in [3.05, 3.63) is 29.6 Å². The Morgan fingerprint density at radius 1 is 1.48 bits per heavy atom. The number of amidine groups is 1. The number of hydrogen-bond donors (Lipinski definition) is 3. The van der Waals surface area contributed by atoms with Gasteiger partial charge in [0.25, 0.3) is 5.91 Å². The van der Waals surface area contributed by atoms with Gasteiger partial charge >= 0.3 is 0 Å². The highest BCUT2D eigenvalue weighted by atomic mass is 16.4. The average molecular weight is 293 g/mol. The predicted molar refractivity (Wildman–Crippen MR) is 77.0 cm³/mol. The summed E-state index contributed by atoms with van der Waals surface area (Å²) in [5, 5.41) is 13.9. The van der Waals surface area contributed by atoms with E-state index in [0.717, 1.165) is 6.42 Å². The van der Waals surface area contributed by atoms with Crippen molar-refractivity contribution >= 4 is 17.6 Å². The van der Waals surface area contributed by atoms with E-state index in [1.807, 2.05) is 6.92 Å². The number of rotatable bonds is 6. The minimum atomic E-state index is -0.341. The Morgan fingerprint density at radius 2 is 2.19 bits per heavy atom. The summed E-state index contributed by atoms with van der Waals surface area (Å²) in [6.45, 7) is 2.35. The van der Waals surface area contributed by atoms with Gasteiger partial charge in [-0.15, -0.1) is 0 Å². The fraction of sp³-hybridized carbons (Fsp3) is 0.385. The first-order valence-electron chi connectivity index (χ1n) is 6.47. The summed E-state index contributed by atoms with van der Waals surface area (Å²) in [7, 11) is 1.51. The molecule has 4 N–H and O–H groups in total. The van der Waals surface area contributed by atoms with Crippen molar-refractivity contribution in [1.82, 2.24) is 15.2 Å². The Morgan fingerprint density at radius 3 is 2.67 bits per heavy atom. The van der Waals surface area contributed by atoms with Crippen LogP contribution in [0.1, 0.15) is 29.4 Å². The second kappa shape index (κ2) is 7.83. The molecule has 0 unspecified atom stereocenters. The number of likely N-dealkylation sites (N-methyl/N-ethyl adjacent to an activating group) is 1. The molecule has 0 aliphatic carbocycles. The number of aromatic nitrogens is 1. The fourth-order valence-corrected chi connectivity index (χ4v) is 1.67. The molecule has 21 heavy (non-hydrogen) atoms. The number of amides is 2. The van der Waals surface area contributed by atoms with Gasteiger partial charge in [-0.3, -0.25) is 14.6 Å². The van der Waals surface area contributed by atoms with Crippen LogP contribution in [0.3, 0.4) is 0 Å². The van der Waals surface area contributed by atoms with Crippen molar-refractivity contribution in [2.45, 2.75) is 13.3 Å². The molecule has 0 aliphatic rings. The summed E-state index contributed by atoms with van der Waals surface area (Å²) in [4.78, 5) is 29.1. The lowest BCUT2D eigenvalue weighted by Gasteiger charge is -2.20. The van der Waals surface area contributed by atoms with Crippen molar-refractivity contribution in [2.24, 2.45) is 10.9 Å². The van der Waals surface area contributed by atoms with E-state index in [0.29, 0.717) is 12.1 Å². The SMILES string of the molecule is CCCN(CC(=O)NC)C(=O)c1ccc(C(N)=NO)cn1. The van der Waals surface area contributed by atoms with Crippen molar-refractivity contribution in [3.63, 3.8) is 0 Å². The van der Waals surface area contributed by atoms with Crippen LogP contribution in [0.5, 0.6) is 0 Å². The predicted octanol–water partition coefficient (Wildman–Crippen LogP) is -0.226. The summed E-state index contributed by atoms with van der Waals surface area (Å²) >= 11 is 0. The smallest absolute Gasteiger partial charge is 0.272 e. The molecule has 114 valence electrons. The topological polar surface area (TPSA) is 121 Å². The van der Waals surface area contributed by atoms with Crippen LogP contribution in [0.4, 0.5) is 0 Å². The molecule has 0 radical (unpaired) electrons. The molecule has 0 fully saturated rings. The van der Waals surface area contributed by atoms with Gasteiger partial charge in [0.15, 0.2) is 5.84 Å².